The Labute approximate surface area is 117 Å². The molecule has 1 unspecified atom stereocenters. The Morgan fingerprint density at radius 1 is 1.50 bits per heavy atom. The predicted octanol–water partition coefficient (Wildman–Crippen LogP) is 2.01. The Morgan fingerprint density at radius 3 is 2.78 bits per heavy atom. The lowest BCUT2D eigenvalue weighted by Crippen LogP contribution is -2.32. The molecule has 0 N–H and O–H groups in total. The molecule has 1 aromatic heterocycles. The maximum atomic E-state index is 11.4. The largest absolute Gasteiger partial charge is 0.298 e. The SMILES string of the molecule is CN(Cc1cnc(Cl)cc1Cl)C1CCS(=O)(=O)C1. The number of halogens is 2. The number of rotatable bonds is 3. The molecule has 0 saturated carbocycles. The summed E-state index contributed by atoms with van der Waals surface area (Å²) in [7, 11) is -0.962. The summed E-state index contributed by atoms with van der Waals surface area (Å²) < 4.78 is 22.9. The lowest BCUT2D eigenvalue weighted by molar-refractivity contribution is 0.253. The van der Waals surface area contributed by atoms with Gasteiger partial charge in [0.1, 0.15) is 5.15 Å². The van der Waals surface area contributed by atoms with Crippen molar-refractivity contribution in [2.75, 3.05) is 18.6 Å². The molecule has 4 nitrogen and oxygen atoms in total. The van der Waals surface area contributed by atoms with E-state index in [1.807, 2.05) is 11.9 Å². The number of aromatic nitrogens is 1. The number of pyridine rings is 1. The molecule has 2 heterocycles. The molecule has 7 heteroatoms. The number of nitrogens with zero attached hydrogens (tertiary/aromatic N) is 2. The van der Waals surface area contributed by atoms with Crippen molar-refractivity contribution in [3.63, 3.8) is 0 Å². The molecule has 100 valence electrons. The number of sulfone groups is 1. The fraction of sp³-hybridized carbons (Fsp3) is 0.545. The molecule has 0 aliphatic carbocycles. The van der Waals surface area contributed by atoms with Crippen molar-refractivity contribution in [2.24, 2.45) is 0 Å². The monoisotopic (exact) mass is 308 g/mol. The average Bonchev–Trinajstić information content (AvgIpc) is 2.63. The zero-order chi connectivity index (χ0) is 13.3. The second kappa shape index (κ2) is 5.33. The van der Waals surface area contributed by atoms with Crippen LogP contribution in [0.5, 0.6) is 0 Å². The summed E-state index contributed by atoms with van der Waals surface area (Å²) in [5.41, 5.74) is 0.855. The molecule has 1 fully saturated rings. The maximum absolute atomic E-state index is 11.4. The van der Waals surface area contributed by atoms with E-state index in [1.165, 1.54) is 0 Å². The van der Waals surface area contributed by atoms with Crippen molar-refractivity contribution in [1.29, 1.82) is 0 Å². The molecule has 0 spiro atoms. The van der Waals surface area contributed by atoms with Crippen molar-refractivity contribution in [2.45, 2.75) is 19.0 Å². The molecule has 0 bridgehead atoms. The molecule has 1 aliphatic heterocycles. The molecule has 1 aromatic rings. The minimum atomic E-state index is -2.86. The van der Waals surface area contributed by atoms with E-state index < -0.39 is 9.84 Å². The molecule has 18 heavy (non-hydrogen) atoms. The summed E-state index contributed by atoms with van der Waals surface area (Å²) in [6, 6.07) is 1.65. The third kappa shape index (κ3) is 3.35. The molecule has 0 aromatic carbocycles. The predicted molar refractivity (Wildman–Crippen MR) is 72.8 cm³/mol. The molecule has 0 radical (unpaired) electrons. The van der Waals surface area contributed by atoms with E-state index >= 15 is 0 Å². The van der Waals surface area contributed by atoms with Crippen LogP contribution in [0.2, 0.25) is 10.2 Å². The first-order chi connectivity index (χ1) is 8.37. The van der Waals surface area contributed by atoms with Gasteiger partial charge in [0, 0.05) is 29.4 Å². The van der Waals surface area contributed by atoms with Crippen LogP contribution in [-0.2, 0) is 16.4 Å². The lowest BCUT2D eigenvalue weighted by atomic mass is 10.2. The van der Waals surface area contributed by atoms with Crippen LogP contribution in [0.15, 0.2) is 12.3 Å². The summed E-state index contributed by atoms with van der Waals surface area (Å²) in [5, 5.41) is 0.914. The Morgan fingerprint density at radius 2 is 2.22 bits per heavy atom. The van der Waals surface area contributed by atoms with Gasteiger partial charge < -0.3 is 0 Å². The first-order valence-corrected chi connectivity index (χ1v) is 8.16. The summed E-state index contributed by atoms with van der Waals surface area (Å²) in [5.74, 6) is 0.497. The van der Waals surface area contributed by atoms with Gasteiger partial charge in [-0.25, -0.2) is 13.4 Å². The standard InChI is InChI=1S/C11H14Cl2N2O2S/c1-15(9-2-3-18(16,17)7-9)6-8-5-14-11(13)4-10(8)12/h4-5,9H,2-3,6-7H2,1H3. The number of hydrogen-bond donors (Lipinski definition) is 0. The van der Waals surface area contributed by atoms with Crippen molar-refractivity contribution >= 4 is 33.0 Å². The minimum Gasteiger partial charge on any atom is -0.298 e. The van der Waals surface area contributed by atoms with E-state index in [0.29, 0.717) is 23.1 Å². The van der Waals surface area contributed by atoms with Gasteiger partial charge in [0.25, 0.3) is 0 Å². The Hall–Kier alpha value is -0.360. The van der Waals surface area contributed by atoms with Crippen molar-refractivity contribution in [3.05, 3.63) is 28.0 Å². The smallest absolute Gasteiger partial charge is 0.151 e. The van der Waals surface area contributed by atoms with Gasteiger partial charge in [-0.2, -0.15) is 0 Å². The number of hydrogen-bond acceptors (Lipinski definition) is 4. The van der Waals surface area contributed by atoms with Crippen molar-refractivity contribution < 1.29 is 8.42 Å². The Bertz CT molecular complexity index is 548. The van der Waals surface area contributed by atoms with Gasteiger partial charge in [-0.1, -0.05) is 23.2 Å². The van der Waals surface area contributed by atoms with E-state index in [0.717, 1.165) is 5.56 Å². The average molecular weight is 309 g/mol. The van der Waals surface area contributed by atoms with Crippen LogP contribution in [0.3, 0.4) is 0 Å². The third-order valence-electron chi connectivity index (χ3n) is 3.15. The van der Waals surface area contributed by atoms with Crippen molar-refractivity contribution in [3.8, 4) is 0 Å². The van der Waals surface area contributed by atoms with Crippen molar-refractivity contribution in [1.82, 2.24) is 9.88 Å². The van der Waals surface area contributed by atoms with Crippen LogP contribution in [0.25, 0.3) is 0 Å². The highest BCUT2D eigenvalue weighted by Crippen LogP contribution is 2.23. The van der Waals surface area contributed by atoms with Gasteiger partial charge in [-0.15, -0.1) is 0 Å². The van der Waals surface area contributed by atoms with Gasteiger partial charge >= 0.3 is 0 Å². The zero-order valence-electron chi connectivity index (χ0n) is 9.94. The fourth-order valence-corrected chi connectivity index (χ4v) is 4.30. The van der Waals surface area contributed by atoms with E-state index in [4.69, 9.17) is 23.2 Å². The molecular formula is C11H14Cl2N2O2S. The Kier molecular flexibility index (Phi) is 4.16. The van der Waals surface area contributed by atoms with E-state index in [9.17, 15) is 8.42 Å². The van der Waals surface area contributed by atoms with Gasteiger partial charge in [0.2, 0.25) is 0 Å². The van der Waals surface area contributed by atoms with Gasteiger partial charge in [0.05, 0.1) is 11.5 Å². The minimum absolute atomic E-state index is 0.0572. The molecule has 1 atom stereocenters. The molecular weight excluding hydrogens is 295 g/mol. The highest BCUT2D eigenvalue weighted by atomic mass is 35.5. The summed E-state index contributed by atoms with van der Waals surface area (Å²) in [6.45, 7) is 0.573. The lowest BCUT2D eigenvalue weighted by Gasteiger charge is -2.23. The van der Waals surface area contributed by atoms with Crippen LogP contribution in [0, 0.1) is 0 Å². The zero-order valence-corrected chi connectivity index (χ0v) is 12.3. The van der Waals surface area contributed by atoms with Crippen LogP contribution >= 0.6 is 23.2 Å². The molecule has 2 rings (SSSR count). The van der Waals surface area contributed by atoms with Gasteiger partial charge in [0.15, 0.2) is 9.84 Å². The highest BCUT2D eigenvalue weighted by Gasteiger charge is 2.30. The third-order valence-corrected chi connectivity index (χ3v) is 5.46. The summed E-state index contributed by atoms with van der Waals surface area (Å²) in [6.07, 6.45) is 2.31. The van der Waals surface area contributed by atoms with E-state index in [2.05, 4.69) is 4.98 Å². The highest BCUT2D eigenvalue weighted by molar-refractivity contribution is 7.91. The first-order valence-electron chi connectivity index (χ1n) is 5.58. The van der Waals surface area contributed by atoms with Crippen LogP contribution in [0.1, 0.15) is 12.0 Å². The topological polar surface area (TPSA) is 50.3 Å². The van der Waals surface area contributed by atoms with E-state index in [1.54, 1.807) is 12.3 Å². The van der Waals surface area contributed by atoms with Crippen LogP contribution < -0.4 is 0 Å². The maximum Gasteiger partial charge on any atom is 0.151 e. The second-order valence-corrected chi connectivity index (χ2v) is 7.59. The molecule has 1 aliphatic rings. The van der Waals surface area contributed by atoms with Crippen LogP contribution in [-0.4, -0.2) is 42.9 Å². The summed E-state index contributed by atoms with van der Waals surface area (Å²) in [4.78, 5) is 5.99. The summed E-state index contributed by atoms with van der Waals surface area (Å²) >= 11 is 11.8. The quantitative estimate of drug-likeness (QED) is 0.802. The van der Waals surface area contributed by atoms with E-state index in [-0.39, 0.29) is 17.5 Å². The first kappa shape index (κ1) is 14.1. The van der Waals surface area contributed by atoms with Gasteiger partial charge in [-0.05, 0) is 19.5 Å². The Balaban J connectivity index is 2.05. The fourth-order valence-electron chi connectivity index (χ4n) is 2.07. The van der Waals surface area contributed by atoms with Crippen LogP contribution in [0.4, 0.5) is 0 Å². The molecule has 0 amide bonds. The second-order valence-electron chi connectivity index (χ2n) is 4.57. The normalized spacial score (nSPS) is 22.6. The van der Waals surface area contributed by atoms with Gasteiger partial charge in [-0.3, -0.25) is 4.90 Å². The molecule has 1 saturated heterocycles.